The van der Waals surface area contributed by atoms with Crippen molar-refractivity contribution in [2.75, 3.05) is 5.32 Å². The van der Waals surface area contributed by atoms with Crippen molar-refractivity contribution in [3.05, 3.63) is 59.2 Å². The van der Waals surface area contributed by atoms with Crippen LogP contribution in [-0.2, 0) is 21.6 Å². The van der Waals surface area contributed by atoms with Gasteiger partial charge in [-0.15, -0.1) is 0 Å². The van der Waals surface area contributed by atoms with Crippen molar-refractivity contribution in [1.82, 2.24) is 0 Å². The second kappa shape index (κ2) is 7.25. The second-order valence-corrected chi connectivity index (χ2v) is 7.81. The van der Waals surface area contributed by atoms with E-state index in [0.29, 0.717) is 11.1 Å². The summed E-state index contributed by atoms with van der Waals surface area (Å²) < 4.78 is 52.7. The molecule has 5 nitrogen and oxygen atoms in total. The molecular weight excluding hydrogens is 388 g/mol. The first-order valence-electron chi connectivity index (χ1n) is 9.14. The van der Waals surface area contributed by atoms with Crippen LogP contribution in [0, 0.1) is 17.6 Å². The lowest BCUT2D eigenvalue weighted by atomic mass is 9.62. The second-order valence-electron chi connectivity index (χ2n) is 7.21. The molecule has 0 radical (unpaired) electrons. The maximum atomic E-state index is 14.4. The van der Waals surface area contributed by atoms with Crippen LogP contribution < -0.4 is 9.50 Å². The molecule has 2 aromatic rings. The molecule has 1 heterocycles. The fourth-order valence-corrected chi connectivity index (χ4v) is 4.93. The van der Waals surface area contributed by atoms with E-state index in [1.807, 2.05) is 0 Å². The number of carbonyl (C=O) groups excluding carboxylic acids is 1. The number of anilines is 1. The first kappa shape index (κ1) is 19.0. The van der Waals surface area contributed by atoms with Crippen LogP contribution in [0.4, 0.5) is 14.5 Å². The average molecular weight is 407 g/mol. The van der Waals surface area contributed by atoms with E-state index in [9.17, 15) is 17.8 Å². The lowest BCUT2D eigenvalue weighted by Gasteiger charge is -2.39. The predicted octanol–water partition coefficient (Wildman–Crippen LogP) is 4.30. The molecule has 2 aromatic carbocycles. The molecule has 2 atom stereocenters. The smallest absolute Gasteiger partial charge is 0.357 e. The zero-order valence-corrected chi connectivity index (χ0v) is 15.7. The number of carbonyl (C=O) groups is 1. The zero-order valence-electron chi connectivity index (χ0n) is 14.9. The first-order valence-corrected chi connectivity index (χ1v) is 10.2. The van der Waals surface area contributed by atoms with Crippen LogP contribution >= 0.6 is 0 Å². The van der Waals surface area contributed by atoms with E-state index in [4.69, 9.17) is 8.74 Å². The molecule has 2 aliphatic rings. The minimum Gasteiger partial charge on any atom is -0.380 e. The van der Waals surface area contributed by atoms with Crippen molar-refractivity contribution in [3.8, 4) is 5.75 Å². The maximum absolute atomic E-state index is 14.4. The van der Waals surface area contributed by atoms with Gasteiger partial charge in [-0.2, -0.15) is 4.21 Å². The SMILES string of the molecule is O=C1Nc2c(ccc(F)c2F)C1(c1ccc(OS(=O)O)cc1)C1CCCCC1. The Bertz CT molecular complexity index is 944. The molecule has 8 heteroatoms. The van der Waals surface area contributed by atoms with Crippen molar-refractivity contribution < 1.29 is 26.5 Å². The van der Waals surface area contributed by atoms with Gasteiger partial charge in [0.05, 0.1) is 5.69 Å². The summed E-state index contributed by atoms with van der Waals surface area (Å²) in [5.74, 6) is -2.33. The molecule has 0 saturated heterocycles. The third-order valence-corrected chi connectivity index (χ3v) is 6.15. The van der Waals surface area contributed by atoms with E-state index < -0.39 is 28.4 Å². The van der Waals surface area contributed by atoms with E-state index in [2.05, 4.69) is 5.32 Å². The zero-order chi connectivity index (χ0) is 19.9. The van der Waals surface area contributed by atoms with E-state index in [0.717, 1.165) is 38.2 Å². The first-order chi connectivity index (χ1) is 13.4. The van der Waals surface area contributed by atoms with E-state index in [1.165, 1.54) is 18.2 Å². The Balaban J connectivity index is 1.89. The summed E-state index contributed by atoms with van der Waals surface area (Å²) >= 11 is -2.46. The van der Waals surface area contributed by atoms with Crippen LogP contribution in [0.25, 0.3) is 0 Å². The summed E-state index contributed by atoms with van der Waals surface area (Å²) in [6.07, 6.45) is 4.59. The number of hydrogen-bond acceptors (Lipinski definition) is 3. The van der Waals surface area contributed by atoms with Crippen molar-refractivity contribution in [2.45, 2.75) is 37.5 Å². The Kier molecular flexibility index (Phi) is 4.93. The Labute approximate surface area is 163 Å². The molecule has 148 valence electrons. The minimum absolute atomic E-state index is 0.0638. The molecule has 4 rings (SSSR count). The molecule has 2 N–H and O–H groups in total. The summed E-state index contributed by atoms with van der Waals surface area (Å²) in [6.45, 7) is 0. The number of nitrogens with one attached hydrogen (secondary N) is 1. The monoisotopic (exact) mass is 407 g/mol. The van der Waals surface area contributed by atoms with Gasteiger partial charge in [-0.05, 0) is 48.1 Å². The normalized spacial score (nSPS) is 23.2. The molecular formula is C20H19F2NO4S. The lowest BCUT2D eigenvalue weighted by Crippen LogP contribution is -2.43. The van der Waals surface area contributed by atoms with Gasteiger partial charge in [0.15, 0.2) is 11.6 Å². The average Bonchev–Trinajstić information content (AvgIpc) is 2.99. The third-order valence-electron chi connectivity index (χ3n) is 5.81. The van der Waals surface area contributed by atoms with Gasteiger partial charge in [-0.1, -0.05) is 37.5 Å². The van der Waals surface area contributed by atoms with Crippen LogP contribution in [0.2, 0.25) is 0 Å². The molecule has 1 fully saturated rings. The van der Waals surface area contributed by atoms with Crippen molar-refractivity contribution >= 4 is 23.0 Å². The summed E-state index contributed by atoms with van der Waals surface area (Å²) in [6, 6.07) is 8.82. The van der Waals surface area contributed by atoms with Crippen LogP contribution in [0.15, 0.2) is 36.4 Å². The van der Waals surface area contributed by atoms with Crippen molar-refractivity contribution in [2.24, 2.45) is 5.92 Å². The van der Waals surface area contributed by atoms with Gasteiger partial charge >= 0.3 is 11.4 Å². The summed E-state index contributed by atoms with van der Waals surface area (Å²) in [5, 5.41) is 2.57. The van der Waals surface area contributed by atoms with Gasteiger partial charge in [-0.25, -0.2) is 8.78 Å². The number of rotatable bonds is 4. The van der Waals surface area contributed by atoms with E-state index >= 15 is 0 Å². The highest BCUT2D eigenvalue weighted by Crippen LogP contribution is 2.53. The minimum atomic E-state index is -2.46. The Morgan fingerprint density at radius 3 is 2.39 bits per heavy atom. The number of fused-ring (bicyclic) bond motifs is 1. The summed E-state index contributed by atoms with van der Waals surface area (Å²) in [4.78, 5) is 13.3. The Hall–Kier alpha value is -2.32. The van der Waals surface area contributed by atoms with Crippen LogP contribution in [0.1, 0.15) is 43.2 Å². The van der Waals surface area contributed by atoms with Gasteiger partial charge in [0, 0.05) is 0 Å². The Morgan fingerprint density at radius 2 is 1.75 bits per heavy atom. The third kappa shape index (κ3) is 2.91. The quantitative estimate of drug-likeness (QED) is 0.741. The summed E-state index contributed by atoms with van der Waals surface area (Å²) in [7, 11) is 0. The number of halogens is 2. The molecule has 0 aromatic heterocycles. The largest absolute Gasteiger partial charge is 0.380 e. The van der Waals surface area contributed by atoms with Gasteiger partial charge < -0.3 is 9.50 Å². The van der Waals surface area contributed by atoms with Crippen LogP contribution in [0.3, 0.4) is 0 Å². The van der Waals surface area contributed by atoms with Gasteiger partial charge in [0.2, 0.25) is 5.91 Å². The fourth-order valence-electron chi connectivity index (χ4n) is 4.65. The number of benzene rings is 2. The highest BCUT2D eigenvalue weighted by atomic mass is 32.2. The lowest BCUT2D eigenvalue weighted by molar-refractivity contribution is -0.121. The van der Waals surface area contributed by atoms with Gasteiger partial charge in [0.1, 0.15) is 11.2 Å². The highest BCUT2D eigenvalue weighted by molar-refractivity contribution is 7.74. The maximum Gasteiger partial charge on any atom is 0.357 e. The number of amides is 1. The van der Waals surface area contributed by atoms with Crippen molar-refractivity contribution in [3.63, 3.8) is 0 Å². The van der Waals surface area contributed by atoms with Gasteiger partial charge in [0.25, 0.3) is 0 Å². The molecule has 1 aliphatic heterocycles. The summed E-state index contributed by atoms with van der Waals surface area (Å²) in [5.41, 5.74) is -0.186. The molecule has 0 bridgehead atoms. The molecule has 1 amide bonds. The number of hydrogen-bond donors (Lipinski definition) is 2. The van der Waals surface area contributed by atoms with Crippen molar-refractivity contribution in [1.29, 1.82) is 0 Å². The topological polar surface area (TPSA) is 75.6 Å². The molecule has 0 spiro atoms. The van der Waals surface area contributed by atoms with E-state index in [-0.39, 0.29) is 23.3 Å². The highest BCUT2D eigenvalue weighted by Gasteiger charge is 2.54. The molecule has 1 saturated carbocycles. The Morgan fingerprint density at radius 1 is 1.07 bits per heavy atom. The fraction of sp³-hybridized carbons (Fsp3) is 0.350. The van der Waals surface area contributed by atoms with E-state index in [1.54, 1.807) is 12.1 Å². The molecule has 1 aliphatic carbocycles. The standard InChI is InChI=1S/C20H19F2NO4S/c21-16-11-10-15-18(17(16)22)23-19(24)20(15,12-4-2-1-3-5-12)13-6-8-14(9-7-13)27-28(25)26/h6-12H,1-5H2,(H,23,24)(H,25,26). The molecule has 28 heavy (non-hydrogen) atoms. The molecule has 2 unspecified atom stereocenters. The predicted molar refractivity (Wildman–Crippen MR) is 100 cm³/mol. The van der Waals surface area contributed by atoms with Crippen LogP contribution in [-0.4, -0.2) is 14.7 Å². The van der Waals surface area contributed by atoms with Crippen LogP contribution in [0.5, 0.6) is 5.75 Å². The van der Waals surface area contributed by atoms with Gasteiger partial charge in [-0.3, -0.25) is 9.35 Å².